The van der Waals surface area contributed by atoms with Crippen LogP contribution in [0.2, 0.25) is 0 Å². The van der Waals surface area contributed by atoms with Crippen molar-refractivity contribution in [2.24, 2.45) is 5.73 Å². The molecule has 3 aliphatic heterocycles. The second-order valence-corrected chi connectivity index (χ2v) is 7.11. The van der Waals surface area contributed by atoms with Crippen molar-refractivity contribution in [3.8, 4) is 0 Å². The van der Waals surface area contributed by atoms with Gasteiger partial charge < -0.3 is 15.5 Å². The standard InChI is InChI=1S/C18H23N5O2/c19-15(21-9-1-2-10-21)13-4-6-14(7-5-13)22-12-18(16(20)24)8-3-11-23(18)17(22)25/h4-7,19H,1-3,8-12H2,(H2,20,24)/t18-/m1/s1. The van der Waals surface area contributed by atoms with E-state index in [1.807, 2.05) is 24.3 Å². The Labute approximate surface area is 146 Å². The van der Waals surface area contributed by atoms with Gasteiger partial charge in [-0.1, -0.05) is 0 Å². The molecule has 0 aromatic heterocycles. The second kappa shape index (κ2) is 5.75. The first-order chi connectivity index (χ1) is 12.0. The maximum Gasteiger partial charge on any atom is 0.325 e. The number of amidine groups is 1. The summed E-state index contributed by atoms with van der Waals surface area (Å²) in [6.07, 6.45) is 3.71. The van der Waals surface area contributed by atoms with Gasteiger partial charge in [0.1, 0.15) is 11.4 Å². The second-order valence-electron chi connectivity index (χ2n) is 7.11. The van der Waals surface area contributed by atoms with Gasteiger partial charge in [-0.15, -0.1) is 0 Å². The molecule has 7 heteroatoms. The van der Waals surface area contributed by atoms with Gasteiger partial charge in [-0.25, -0.2) is 4.79 Å². The molecular weight excluding hydrogens is 318 g/mol. The number of likely N-dealkylation sites (tertiary alicyclic amines) is 1. The largest absolute Gasteiger partial charge is 0.368 e. The van der Waals surface area contributed by atoms with Crippen LogP contribution in [-0.2, 0) is 4.79 Å². The van der Waals surface area contributed by atoms with Gasteiger partial charge in [0.25, 0.3) is 0 Å². The van der Waals surface area contributed by atoms with Crippen molar-refractivity contribution in [3.63, 3.8) is 0 Å². The third kappa shape index (κ3) is 2.37. The molecule has 0 unspecified atom stereocenters. The fourth-order valence-corrected chi connectivity index (χ4v) is 4.26. The Bertz CT molecular complexity index is 725. The maximum absolute atomic E-state index is 12.7. The number of fused-ring (bicyclic) bond motifs is 1. The number of nitrogens with one attached hydrogen (secondary N) is 1. The van der Waals surface area contributed by atoms with E-state index in [-0.39, 0.29) is 6.03 Å². The zero-order chi connectivity index (χ0) is 17.6. The van der Waals surface area contributed by atoms with Crippen molar-refractivity contribution < 1.29 is 9.59 Å². The summed E-state index contributed by atoms with van der Waals surface area (Å²) in [6, 6.07) is 7.31. The number of rotatable bonds is 3. The summed E-state index contributed by atoms with van der Waals surface area (Å²) in [6.45, 7) is 2.75. The summed E-state index contributed by atoms with van der Waals surface area (Å²) in [4.78, 5) is 30.0. The minimum atomic E-state index is -0.863. The van der Waals surface area contributed by atoms with E-state index in [0.717, 1.165) is 43.6 Å². The molecule has 0 radical (unpaired) electrons. The third-order valence-electron chi connectivity index (χ3n) is 5.70. The number of benzene rings is 1. The molecule has 3 saturated heterocycles. The van der Waals surface area contributed by atoms with E-state index in [4.69, 9.17) is 11.1 Å². The van der Waals surface area contributed by atoms with Crippen LogP contribution in [0.5, 0.6) is 0 Å². The van der Waals surface area contributed by atoms with E-state index < -0.39 is 11.4 Å². The topological polar surface area (TPSA) is 93.7 Å². The van der Waals surface area contributed by atoms with Crippen molar-refractivity contribution in [2.75, 3.05) is 31.1 Å². The van der Waals surface area contributed by atoms with Crippen molar-refractivity contribution in [3.05, 3.63) is 29.8 Å². The predicted molar refractivity (Wildman–Crippen MR) is 94.7 cm³/mol. The van der Waals surface area contributed by atoms with Crippen molar-refractivity contribution in [1.82, 2.24) is 9.80 Å². The maximum atomic E-state index is 12.7. The Morgan fingerprint density at radius 1 is 1.08 bits per heavy atom. The normalized spacial score (nSPS) is 25.6. The summed E-state index contributed by atoms with van der Waals surface area (Å²) in [5.74, 6) is 0.110. The van der Waals surface area contributed by atoms with Crippen LogP contribution in [0, 0.1) is 5.41 Å². The first-order valence-electron chi connectivity index (χ1n) is 8.86. The predicted octanol–water partition coefficient (Wildman–Crippen LogP) is 1.37. The quantitative estimate of drug-likeness (QED) is 0.642. The smallest absolute Gasteiger partial charge is 0.325 e. The van der Waals surface area contributed by atoms with Gasteiger partial charge in [-0.05, 0) is 49.9 Å². The highest BCUT2D eigenvalue weighted by atomic mass is 16.2. The summed E-state index contributed by atoms with van der Waals surface area (Å²) in [5, 5.41) is 8.31. The van der Waals surface area contributed by atoms with E-state index in [1.54, 1.807) is 9.80 Å². The highest BCUT2D eigenvalue weighted by molar-refractivity contribution is 6.03. The lowest BCUT2D eigenvalue weighted by atomic mass is 9.96. The van der Waals surface area contributed by atoms with Gasteiger partial charge in [0.15, 0.2) is 0 Å². The summed E-state index contributed by atoms with van der Waals surface area (Å²) in [7, 11) is 0. The molecule has 0 bridgehead atoms. The van der Waals surface area contributed by atoms with Crippen LogP contribution in [0.15, 0.2) is 24.3 Å². The fraction of sp³-hybridized carbons (Fsp3) is 0.500. The Hall–Kier alpha value is -2.57. The van der Waals surface area contributed by atoms with Gasteiger partial charge in [0, 0.05) is 30.9 Å². The van der Waals surface area contributed by atoms with Crippen molar-refractivity contribution in [1.29, 1.82) is 5.41 Å². The number of primary amides is 1. The molecule has 0 aliphatic carbocycles. The number of carbonyl (C=O) groups excluding carboxylic acids is 2. The molecule has 7 nitrogen and oxygen atoms in total. The number of anilines is 1. The van der Waals surface area contributed by atoms with Gasteiger partial charge in [-0.2, -0.15) is 0 Å². The molecule has 1 aromatic rings. The zero-order valence-corrected chi connectivity index (χ0v) is 14.2. The molecule has 1 atom stereocenters. The van der Waals surface area contributed by atoms with Gasteiger partial charge in [0.05, 0.1) is 6.54 Å². The van der Waals surface area contributed by atoms with Crippen LogP contribution in [-0.4, -0.2) is 59.3 Å². The molecule has 0 saturated carbocycles. The fourth-order valence-electron chi connectivity index (χ4n) is 4.26. The third-order valence-corrected chi connectivity index (χ3v) is 5.70. The van der Waals surface area contributed by atoms with Crippen LogP contribution in [0.3, 0.4) is 0 Å². The summed E-state index contributed by atoms with van der Waals surface area (Å²) < 4.78 is 0. The minimum absolute atomic E-state index is 0.154. The molecular formula is C18H23N5O2. The van der Waals surface area contributed by atoms with E-state index in [2.05, 4.69) is 4.90 Å². The molecule has 3 N–H and O–H groups in total. The first-order valence-corrected chi connectivity index (χ1v) is 8.86. The lowest BCUT2D eigenvalue weighted by molar-refractivity contribution is -0.125. The first kappa shape index (κ1) is 15.9. The number of hydrogen-bond acceptors (Lipinski definition) is 3. The number of carbonyl (C=O) groups is 2. The van der Waals surface area contributed by atoms with E-state index in [1.165, 1.54) is 0 Å². The Morgan fingerprint density at radius 2 is 1.76 bits per heavy atom. The highest BCUT2D eigenvalue weighted by Crippen LogP contribution is 2.38. The average Bonchev–Trinajstić information content (AvgIpc) is 3.32. The van der Waals surface area contributed by atoms with Crippen LogP contribution in [0.4, 0.5) is 10.5 Å². The van der Waals surface area contributed by atoms with E-state index in [0.29, 0.717) is 25.3 Å². The number of nitrogens with two attached hydrogens (primary N) is 1. The average molecular weight is 341 g/mol. The van der Waals surface area contributed by atoms with E-state index in [9.17, 15) is 9.59 Å². The molecule has 132 valence electrons. The Kier molecular flexibility index (Phi) is 3.67. The summed E-state index contributed by atoms with van der Waals surface area (Å²) in [5.41, 5.74) is 6.35. The molecule has 3 heterocycles. The number of nitrogens with zero attached hydrogens (tertiary/aromatic N) is 3. The van der Waals surface area contributed by atoms with Crippen molar-refractivity contribution >= 4 is 23.5 Å². The molecule has 3 amide bonds. The number of amides is 3. The van der Waals surface area contributed by atoms with Gasteiger partial charge in [0.2, 0.25) is 5.91 Å². The zero-order valence-electron chi connectivity index (χ0n) is 14.2. The molecule has 3 fully saturated rings. The molecule has 25 heavy (non-hydrogen) atoms. The number of urea groups is 1. The summed E-state index contributed by atoms with van der Waals surface area (Å²) >= 11 is 0. The lowest BCUT2D eigenvalue weighted by Crippen LogP contribution is -2.52. The Morgan fingerprint density at radius 3 is 2.36 bits per heavy atom. The van der Waals surface area contributed by atoms with Crippen LogP contribution >= 0.6 is 0 Å². The SMILES string of the molecule is N=C(c1ccc(N2C[C@@]3(C(N)=O)CCCN3C2=O)cc1)N1CCCC1. The van der Waals surface area contributed by atoms with Gasteiger partial charge >= 0.3 is 6.03 Å². The van der Waals surface area contributed by atoms with Crippen LogP contribution in [0.1, 0.15) is 31.2 Å². The van der Waals surface area contributed by atoms with Gasteiger partial charge in [-0.3, -0.25) is 15.1 Å². The van der Waals surface area contributed by atoms with Crippen LogP contribution < -0.4 is 10.6 Å². The van der Waals surface area contributed by atoms with E-state index >= 15 is 0 Å². The molecule has 3 aliphatic rings. The van der Waals surface area contributed by atoms with Crippen molar-refractivity contribution in [2.45, 2.75) is 31.2 Å². The lowest BCUT2D eigenvalue weighted by Gasteiger charge is -2.25. The molecule has 0 spiro atoms. The number of hydrogen-bond donors (Lipinski definition) is 2. The molecule has 1 aromatic carbocycles. The Balaban J connectivity index is 1.55. The monoisotopic (exact) mass is 341 g/mol. The minimum Gasteiger partial charge on any atom is -0.368 e. The highest BCUT2D eigenvalue weighted by Gasteiger charge is 2.56. The molecule has 4 rings (SSSR count). The van der Waals surface area contributed by atoms with Crippen LogP contribution in [0.25, 0.3) is 0 Å².